The van der Waals surface area contributed by atoms with Crippen LogP contribution >= 0.6 is 15.9 Å². The zero-order valence-corrected chi connectivity index (χ0v) is 12.8. The Morgan fingerprint density at radius 1 is 1.33 bits per heavy atom. The van der Waals surface area contributed by atoms with E-state index in [2.05, 4.69) is 15.9 Å². The summed E-state index contributed by atoms with van der Waals surface area (Å²) in [4.78, 5) is 12.1. The average molecular weight is 354 g/mol. The van der Waals surface area contributed by atoms with Crippen LogP contribution in [-0.2, 0) is 11.3 Å². The number of anilines is 1. The normalized spacial score (nSPS) is 10.2. The summed E-state index contributed by atoms with van der Waals surface area (Å²) in [7, 11) is 1.45. The van der Waals surface area contributed by atoms with Gasteiger partial charge in [-0.15, -0.1) is 0 Å². The highest BCUT2D eigenvalue weighted by atomic mass is 79.9. The third-order valence-corrected chi connectivity index (χ3v) is 3.72. The van der Waals surface area contributed by atoms with Crippen molar-refractivity contribution in [2.75, 3.05) is 12.8 Å². The van der Waals surface area contributed by atoms with Gasteiger partial charge in [0.2, 0.25) is 0 Å². The second-order valence-corrected chi connectivity index (χ2v) is 5.04. The number of rotatable bonds is 4. The Labute approximate surface area is 129 Å². The molecule has 0 saturated carbocycles. The van der Waals surface area contributed by atoms with Crippen LogP contribution in [0.5, 0.6) is 5.75 Å². The zero-order valence-electron chi connectivity index (χ0n) is 11.2. The van der Waals surface area contributed by atoms with E-state index < -0.39 is 11.8 Å². The van der Waals surface area contributed by atoms with Crippen molar-refractivity contribution >= 4 is 27.6 Å². The van der Waals surface area contributed by atoms with Crippen LogP contribution < -0.4 is 10.5 Å². The highest BCUT2D eigenvalue weighted by molar-refractivity contribution is 9.10. The van der Waals surface area contributed by atoms with Crippen LogP contribution in [0.1, 0.15) is 15.9 Å². The zero-order chi connectivity index (χ0) is 15.4. The molecule has 4 nitrogen and oxygen atoms in total. The maximum absolute atomic E-state index is 13.4. The van der Waals surface area contributed by atoms with Crippen molar-refractivity contribution in [2.24, 2.45) is 0 Å². The first-order valence-corrected chi connectivity index (χ1v) is 6.85. The number of ether oxygens (including phenoxy) is 2. The summed E-state index contributed by atoms with van der Waals surface area (Å²) in [5.41, 5.74) is 6.84. The highest BCUT2D eigenvalue weighted by Crippen LogP contribution is 2.24. The van der Waals surface area contributed by atoms with E-state index in [-0.39, 0.29) is 16.6 Å². The molecule has 0 heterocycles. The van der Waals surface area contributed by atoms with E-state index >= 15 is 0 Å². The Hall–Kier alpha value is -2.08. The van der Waals surface area contributed by atoms with E-state index in [1.807, 2.05) is 0 Å². The number of halogens is 2. The van der Waals surface area contributed by atoms with Crippen molar-refractivity contribution in [1.82, 2.24) is 0 Å². The van der Waals surface area contributed by atoms with E-state index in [0.717, 1.165) is 0 Å². The van der Waals surface area contributed by atoms with Crippen molar-refractivity contribution in [3.05, 3.63) is 57.8 Å². The van der Waals surface area contributed by atoms with Crippen LogP contribution in [0, 0.1) is 5.82 Å². The number of nitrogens with two attached hydrogens (primary N) is 1. The number of nitrogen functional groups attached to an aromatic ring is 1. The molecule has 6 heteroatoms. The van der Waals surface area contributed by atoms with Crippen LogP contribution in [0.3, 0.4) is 0 Å². The Bertz CT molecular complexity index is 676. The fourth-order valence-corrected chi connectivity index (χ4v) is 2.14. The molecule has 2 aromatic carbocycles. The van der Waals surface area contributed by atoms with Gasteiger partial charge < -0.3 is 15.2 Å². The molecular formula is C15H13BrFNO3. The molecule has 110 valence electrons. The molecule has 0 saturated heterocycles. The Kier molecular flexibility index (Phi) is 4.80. The van der Waals surface area contributed by atoms with Gasteiger partial charge in [-0.25, -0.2) is 9.18 Å². The Morgan fingerprint density at radius 3 is 2.81 bits per heavy atom. The fourth-order valence-electron chi connectivity index (χ4n) is 1.77. The molecule has 2 aromatic rings. The molecule has 0 bridgehead atoms. The molecule has 2 rings (SSSR count). The number of carbonyl (C=O) groups is 1. The van der Waals surface area contributed by atoms with Gasteiger partial charge in [-0.05, 0) is 40.2 Å². The Balaban J connectivity index is 2.15. The monoisotopic (exact) mass is 353 g/mol. The molecule has 0 unspecified atom stereocenters. The molecule has 0 radical (unpaired) electrons. The fraction of sp³-hybridized carbons (Fsp3) is 0.133. The maximum Gasteiger partial charge on any atom is 0.342 e. The first-order chi connectivity index (χ1) is 10.0. The van der Waals surface area contributed by atoms with Gasteiger partial charge in [0, 0.05) is 11.3 Å². The molecule has 0 fully saturated rings. The molecule has 0 amide bonds. The summed E-state index contributed by atoms with van der Waals surface area (Å²) in [5, 5.41) is 0. The molecule has 2 N–H and O–H groups in total. The number of esters is 1. The summed E-state index contributed by atoms with van der Waals surface area (Å²) in [6.45, 7) is -0.0604. The van der Waals surface area contributed by atoms with E-state index in [1.165, 1.54) is 19.2 Å². The largest absolute Gasteiger partial charge is 0.496 e. The van der Waals surface area contributed by atoms with Gasteiger partial charge in [-0.1, -0.05) is 12.1 Å². The topological polar surface area (TPSA) is 61.5 Å². The second-order valence-electron chi connectivity index (χ2n) is 4.25. The predicted octanol–water partition coefficient (Wildman–Crippen LogP) is 3.54. The van der Waals surface area contributed by atoms with Crippen LogP contribution in [0.4, 0.5) is 10.1 Å². The summed E-state index contributed by atoms with van der Waals surface area (Å²) in [6.07, 6.45) is 0. The second kappa shape index (κ2) is 6.58. The van der Waals surface area contributed by atoms with Crippen molar-refractivity contribution in [1.29, 1.82) is 0 Å². The summed E-state index contributed by atoms with van der Waals surface area (Å²) >= 11 is 3.12. The molecule has 0 aliphatic rings. The third-order valence-electron chi connectivity index (χ3n) is 2.83. The third kappa shape index (κ3) is 3.52. The van der Waals surface area contributed by atoms with Gasteiger partial charge in [-0.2, -0.15) is 0 Å². The molecule has 0 atom stereocenters. The minimum atomic E-state index is -0.588. The van der Waals surface area contributed by atoms with Gasteiger partial charge in [0.05, 0.1) is 11.6 Å². The van der Waals surface area contributed by atoms with Gasteiger partial charge >= 0.3 is 5.97 Å². The van der Waals surface area contributed by atoms with Crippen molar-refractivity contribution in [2.45, 2.75) is 6.61 Å². The van der Waals surface area contributed by atoms with E-state index in [9.17, 15) is 9.18 Å². The first kappa shape index (κ1) is 15.3. The summed E-state index contributed by atoms with van der Waals surface area (Å²) < 4.78 is 23.9. The summed E-state index contributed by atoms with van der Waals surface area (Å²) in [5.74, 6) is -0.632. The quantitative estimate of drug-likeness (QED) is 0.674. The smallest absolute Gasteiger partial charge is 0.342 e. The lowest BCUT2D eigenvalue weighted by atomic mass is 10.2. The van der Waals surface area contributed by atoms with Gasteiger partial charge in [0.1, 0.15) is 23.7 Å². The predicted molar refractivity (Wildman–Crippen MR) is 80.6 cm³/mol. The van der Waals surface area contributed by atoms with Crippen molar-refractivity contribution < 1.29 is 18.7 Å². The number of carbonyl (C=O) groups excluding carboxylic acids is 1. The average Bonchev–Trinajstić information content (AvgIpc) is 2.48. The van der Waals surface area contributed by atoms with Crippen LogP contribution in [-0.4, -0.2) is 13.1 Å². The molecule has 21 heavy (non-hydrogen) atoms. The van der Waals surface area contributed by atoms with Crippen LogP contribution in [0.25, 0.3) is 0 Å². The van der Waals surface area contributed by atoms with Gasteiger partial charge in [0.25, 0.3) is 0 Å². The lowest BCUT2D eigenvalue weighted by molar-refractivity contribution is 0.0468. The molecule has 0 aromatic heterocycles. The SMILES string of the molecule is COc1ccc(N)cc1C(=O)OCc1cccc(F)c1Br. The van der Waals surface area contributed by atoms with Crippen molar-refractivity contribution in [3.63, 3.8) is 0 Å². The van der Waals surface area contributed by atoms with Crippen LogP contribution in [0.2, 0.25) is 0 Å². The highest BCUT2D eigenvalue weighted by Gasteiger charge is 2.15. The lowest BCUT2D eigenvalue weighted by Gasteiger charge is -2.10. The first-order valence-electron chi connectivity index (χ1n) is 6.06. The minimum absolute atomic E-state index is 0.0604. The van der Waals surface area contributed by atoms with Crippen LogP contribution in [0.15, 0.2) is 40.9 Å². The van der Waals surface area contributed by atoms with E-state index in [4.69, 9.17) is 15.2 Å². The summed E-state index contributed by atoms with van der Waals surface area (Å²) in [6, 6.07) is 9.21. The van der Waals surface area contributed by atoms with Crippen molar-refractivity contribution in [3.8, 4) is 5.75 Å². The standard InChI is InChI=1S/C15H13BrFNO3/c1-20-13-6-5-10(18)7-11(13)15(19)21-8-9-3-2-4-12(17)14(9)16/h2-7H,8,18H2,1H3. The molecule has 0 aliphatic heterocycles. The molecule has 0 aliphatic carbocycles. The maximum atomic E-state index is 13.4. The lowest BCUT2D eigenvalue weighted by Crippen LogP contribution is -2.08. The number of benzene rings is 2. The Morgan fingerprint density at radius 2 is 2.10 bits per heavy atom. The van der Waals surface area contributed by atoms with Gasteiger partial charge in [-0.3, -0.25) is 0 Å². The number of hydrogen-bond donors (Lipinski definition) is 1. The van der Waals surface area contributed by atoms with E-state index in [0.29, 0.717) is 17.0 Å². The number of methoxy groups -OCH3 is 1. The van der Waals surface area contributed by atoms with E-state index in [1.54, 1.807) is 24.3 Å². The molecular weight excluding hydrogens is 341 g/mol. The molecule has 0 spiro atoms. The number of hydrogen-bond acceptors (Lipinski definition) is 4. The van der Waals surface area contributed by atoms with Gasteiger partial charge in [0.15, 0.2) is 0 Å². The minimum Gasteiger partial charge on any atom is -0.496 e.